The molecule has 0 aliphatic rings. The topological polar surface area (TPSA) is 114 Å². The van der Waals surface area contributed by atoms with Gasteiger partial charge in [0.05, 0.1) is 12.0 Å². The molecule has 1 aromatic carbocycles. The summed E-state index contributed by atoms with van der Waals surface area (Å²) in [7, 11) is -3.42. The maximum Gasteiger partial charge on any atom is 0.257 e. The number of furan rings is 1. The average molecular weight is 392 g/mol. The zero-order valence-electron chi connectivity index (χ0n) is 13.8. The van der Waals surface area contributed by atoms with Crippen molar-refractivity contribution in [3.63, 3.8) is 0 Å². The minimum Gasteiger partial charge on any atom is -0.462 e. The van der Waals surface area contributed by atoms with Gasteiger partial charge in [0.25, 0.3) is 5.91 Å². The fourth-order valence-electron chi connectivity index (χ4n) is 2.17. The molecule has 0 bridgehead atoms. The molecule has 0 spiro atoms. The molecule has 8 nitrogen and oxygen atoms in total. The molecule has 0 aliphatic carbocycles. The number of hydrogen-bond donors (Lipinski definition) is 2. The first-order chi connectivity index (χ1) is 12.5. The predicted molar refractivity (Wildman–Crippen MR) is 99.7 cm³/mol. The van der Waals surface area contributed by atoms with Crippen LogP contribution in [0.3, 0.4) is 0 Å². The van der Waals surface area contributed by atoms with Gasteiger partial charge in [0.15, 0.2) is 10.8 Å². The third-order valence-corrected chi connectivity index (χ3v) is 5.59. The zero-order valence-corrected chi connectivity index (χ0v) is 15.4. The molecular weight excluding hydrogens is 376 g/mol. The number of hydrogen-bond acceptors (Lipinski definition) is 7. The summed E-state index contributed by atoms with van der Waals surface area (Å²) < 4.78 is 31.4. The van der Waals surface area contributed by atoms with Crippen molar-refractivity contribution < 1.29 is 17.6 Å². The molecule has 136 valence electrons. The number of nitrogens with one attached hydrogen (secondary N) is 2. The van der Waals surface area contributed by atoms with Crippen molar-refractivity contribution >= 4 is 38.1 Å². The number of nitrogens with zero attached hydrogens (tertiary/aromatic N) is 2. The van der Waals surface area contributed by atoms with Crippen molar-refractivity contribution in [2.45, 2.75) is 13.3 Å². The maximum absolute atomic E-state index is 12.4. The standard InChI is InChI=1S/C16H16N4O4S2/c1-2-9-26(22,23)20-12-6-3-5-11(10-12)14(21)17-16-19-18-15(25-16)13-7-4-8-24-13/h3-8,10,20H,2,9H2,1H3,(H,17,19,21). The van der Waals surface area contributed by atoms with E-state index in [1.807, 2.05) is 0 Å². The maximum atomic E-state index is 12.4. The normalized spacial score (nSPS) is 11.3. The minimum atomic E-state index is -3.42. The lowest BCUT2D eigenvalue weighted by Gasteiger charge is -2.08. The quantitative estimate of drug-likeness (QED) is 0.638. The van der Waals surface area contributed by atoms with Crippen molar-refractivity contribution in [2.24, 2.45) is 0 Å². The van der Waals surface area contributed by atoms with Crippen LogP contribution in [0.25, 0.3) is 10.8 Å². The van der Waals surface area contributed by atoms with Gasteiger partial charge in [-0.2, -0.15) is 0 Å². The number of sulfonamides is 1. The van der Waals surface area contributed by atoms with Crippen LogP contribution in [0.5, 0.6) is 0 Å². The number of aromatic nitrogens is 2. The third kappa shape index (κ3) is 4.46. The van der Waals surface area contributed by atoms with Gasteiger partial charge in [0.2, 0.25) is 15.2 Å². The third-order valence-electron chi connectivity index (χ3n) is 3.25. The molecule has 1 amide bonds. The van der Waals surface area contributed by atoms with Crippen molar-refractivity contribution in [3.8, 4) is 10.8 Å². The van der Waals surface area contributed by atoms with Gasteiger partial charge in [-0.05, 0) is 36.8 Å². The molecule has 0 atom stereocenters. The molecule has 0 saturated heterocycles. The first-order valence-corrected chi connectivity index (χ1v) is 10.2. The van der Waals surface area contributed by atoms with E-state index in [2.05, 4.69) is 20.2 Å². The van der Waals surface area contributed by atoms with Gasteiger partial charge in [-0.1, -0.05) is 24.3 Å². The second-order valence-electron chi connectivity index (χ2n) is 5.35. The van der Waals surface area contributed by atoms with Crippen LogP contribution in [0.2, 0.25) is 0 Å². The number of amides is 1. The van der Waals surface area contributed by atoms with Crippen LogP contribution in [-0.4, -0.2) is 30.3 Å². The van der Waals surface area contributed by atoms with Gasteiger partial charge < -0.3 is 4.42 Å². The highest BCUT2D eigenvalue weighted by molar-refractivity contribution is 7.92. The Balaban J connectivity index is 1.71. The van der Waals surface area contributed by atoms with E-state index in [1.54, 1.807) is 37.3 Å². The second kappa shape index (κ2) is 7.67. The summed E-state index contributed by atoms with van der Waals surface area (Å²) in [4.78, 5) is 12.4. The molecule has 10 heteroatoms. The molecule has 2 aromatic heterocycles. The molecule has 0 aliphatic heterocycles. The van der Waals surface area contributed by atoms with E-state index >= 15 is 0 Å². The van der Waals surface area contributed by atoms with Crippen molar-refractivity contribution in [1.82, 2.24) is 10.2 Å². The second-order valence-corrected chi connectivity index (χ2v) is 8.16. The summed E-state index contributed by atoms with van der Waals surface area (Å²) in [6.45, 7) is 1.78. The summed E-state index contributed by atoms with van der Waals surface area (Å²) in [6, 6.07) is 9.73. The Morgan fingerprint density at radius 2 is 2.08 bits per heavy atom. The van der Waals surface area contributed by atoms with Crippen LogP contribution in [0.15, 0.2) is 47.1 Å². The summed E-state index contributed by atoms with van der Waals surface area (Å²) in [5, 5.41) is 11.4. The van der Waals surface area contributed by atoms with Crippen LogP contribution in [-0.2, 0) is 10.0 Å². The Bertz CT molecular complexity index is 997. The average Bonchev–Trinajstić information content (AvgIpc) is 3.25. The van der Waals surface area contributed by atoms with Gasteiger partial charge >= 0.3 is 0 Å². The van der Waals surface area contributed by atoms with Crippen LogP contribution >= 0.6 is 11.3 Å². The smallest absolute Gasteiger partial charge is 0.257 e. The highest BCUT2D eigenvalue weighted by Crippen LogP contribution is 2.26. The molecule has 3 rings (SSSR count). The lowest BCUT2D eigenvalue weighted by Crippen LogP contribution is -2.17. The Morgan fingerprint density at radius 3 is 2.81 bits per heavy atom. The fourth-order valence-corrected chi connectivity index (χ4v) is 4.00. The molecule has 26 heavy (non-hydrogen) atoms. The van der Waals surface area contributed by atoms with E-state index in [-0.39, 0.29) is 5.75 Å². The number of carbonyl (C=O) groups is 1. The number of anilines is 2. The van der Waals surface area contributed by atoms with E-state index in [1.165, 1.54) is 23.7 Å². The molecule has 0 unspecified atom stereocenters. The van der Waals surface area contributed by atoms with Crippen molar-refractivity contribution in [2.75, 3.05) is 15.8 Å². The highest BCUT2D eigenvalue weighted by Gasteiger charge is 2.14. The minimum absolute atomic E-state index is 0.0176. The van der Waals surface area contributed by atoms with Gasteiger partial charge in [-0.15, -0.1) is 10.2 Å². The summed E-state index contributed by atoms with van der Waals surface area (Å²) >= 11 is 1.17. The summed E-state index contributed by atoms with van der Waals surface area (Å²) in [5.41, 5.74) is 0.635. The summed E-state index contributed by atoms with van der Waals surface area (Å²) in [6.07, 6.45) is 2.03. The first kappa shape index (κ1) is 18.1. The van der Waals surface area contributed by atoms with E-state index in [0.717, 1.165) is 0 Å². The van der Waals surface area contributed by atoms with Crippen LogP contribution in [0.4, 0.5) is 10.8 Å². The lowest BCUT2D eigenvalue weighted by molar-refractivity contribution is 0.102. The van der Waals surface area contributed by atoms with Crippen LogP contribution in [0, 0.1) is 0 Å². The molecule has 0 saturated carbocycles. The number of carbonyl (C=O) groups excluding carboxylic acids is 1. The number of benzene rings is 1. The first-order valence-electron chi connectivity index (χ1n) is 7.76. The zero-order chi connectivity index (χ0) is 18.6. The fraction of sp³-hybridized carbons (Fsp3) is 0.188. The summed E-state index contributed by atoms with van der Waals surface area (Å²) in [5.74, 6) is 0.169. The molecule has 2 N–H and O–H groups in total. The molecule has 2 heterocycles. The molecule has 0 fully saturated rings. The highest BCUT2D eigenvalue weighted by atomic mass is 32.2. The Morgan fingerprint density at radius 1 is 1.23 bits per heavy atom. The van der Waals surface area contributed by atoms with Gasteiger partial charge in [0.1, 0.15) is 0 Å². The molecular formula is C16H16N4O4S2. The number of rotatable bonds is 7. The predicted octanol–water partition coefficient (Wildman–Crippen LogP) is 3.20. The Kier molecular flexibility index (Phi) is 5.33. The van der Waals surface area contributed by atoms with Crippen LogP contribution < -0.4 is 10.0 Å². The van der Waals surface area contributed by atoms with Gasteiger partial charge in [-0.25, -0.2) is 8.42 Å². The Hall–Kier alpha value is -2.72. The lowest BCUT2D eigenvalue weighted by atomic mass is 10.2. The van der Waals surface area contributed by atoms with E-state index in [9.17, 15) is 13.2 Å². The Labute approximate surface area is 154 Å². The monoisotopic (exact) mass is 392 g/mol. The van der Waals surface area contributed by atoms with E-state index < -0.39 is 15.9 Å². The van der Waals surface area contributed by atoms with Crippen molar-refractivity contribution in [3.05, 3.63) is 48.2 Å². The largest absolute Gasteiger partial charge is 0.462 e. The van der Waals surface area contributed by atoms with Gasteiger partial charge in [-0.3, -0.25) is 14.8 Å². The van der Waals surface area contributed by atoms with Crippen LogP contribution in [0.1, 0.15) is 23.7 Å². The molecule has 0 radical (unpaired) electrons. The molecule has 3 aromatic rings. The van der Waals surface area contributed by atoms with Gasteiger partial charge in [0, 0.05) is 11.3 Å². The van der Waals surface area contributed by atoms with Crippen molar-refractivity contribution in [1.29, 1.82) is 0 Å². The van der Waals surface area contributed by atoms with E-state index in [4.69, 9.17) is 4.42 Å². The van der Waals surface area contributed by atoms with E-state index in [0.29, 0.717) is 33.6 Å². The SMILES string of the molecule is CCCS(=O)(=O)Nc1cccc(C(=O)Nc2nnc(-c3ccco3)s2)c1.